The van der Waals surface area contributed by atoms with Crippen molar-refractivity contribution in [2.24, 2.45) is 0 Å². The molecule has 1 rings (SSSR count). The van der Waals surface area contributed by atoms with Crippen molar-refractivity contribution in [3.8, 4) is 5.75 Å². The van der Waals surface area contributed by atoms with E-state index >= 15 is 0 Å². The van der Waals surface area contributed by atoms with Crippen LogP contribution >= 0.6 is 0 Å². The average Bonchev–Trinajstić information content (AvgIpc) is 2.23. The Hall–Kier alpha value is -1.25. The molecule has 0 aromatic heterocycles. The maximum atomic E-state index is 12.3. The first-order chi connectivity index (χ1) is 9.71. The molecule has 4 nitrogen and oxygen atoms in total. The Bertz CT molecular complexity index is 524. The van der Waals surface area contributed by atoms with E-state index in [1.54, 1.807) is 20.8 Å². The number of ether oxygens (including phenoxy) is 1. The molecule has 0 aliphatic carbocycles. The van der Waals surface area contributed by atoms with Gasteiger partial charge in [-0.3, -0.25) is 0 Å². The molecule has 8 heteroatoms. The van der Waals surface area contributed by atoms with Crippen LogP contribution in [0.2, 0.25) is 0 Å². The predicted octanol–water partition coefficient (Wildman–Crippen LogP) is 2.15. The first-order valence-electron chi connectivity index (χ1n) is 6.67. The summed E-state index contributed by atoms with van der Waals surface area (Å²) >= 11 is 0. The third-order valence-corrected chi connectivity index (χ3v) is 3.47. The molecule has 0 atom stereocenters. The van der Waals surface area contributed by atoms with E-state index in [2.05, 4.69) is 4.74 Å². The Balaban J connectivity index is 3.01. The summed E-state index contributed by atoms with van der Waals surface area (Å²) in [5.74, 6) is -0.439. The highest BCUT2D eigenvalue weighted by Crippen LogP contribution is 2.26. The minimum Gasteiger partial charge on any atom is -0.423 e. The van der Waals surface area contributed by atoms with Gasteiger partial charge in [-0.2, -0.15) is 0 Å². The van der Waals surface area contributed by atoms with Gasteiger partial charge in [0.25, 0.3) is 0 Å². The Morgan fingerprint density at radius 1 is 1.05 bits per heavy atom. The van der Waals surface area contributed by atoms with E-state index < -0.39 is 30.4 Å². The first kappa shape index (κ1) is 18.8. The second kappa shape index (κ2) is 6.10. The summed E-state index contributed by atoms with van der Waals surface area (Å²) in [7, 11) is -1.50. The SMILES string of the molecule is Cc1cc(OC(F)(F)F)cc(B(O)OC(C)(C)C(C)(C)O)c1. The smallest absolute Gasteiger partial charge is 0.423 e. The van der Waals surface area contributed by atoms with Crippen LogP contribution in [0.5, 0.6) is 5.75 Å². The van der Waals surface area contributed by atoms with E-state index in [4.69, 9.17) is 4.65 Å². The van der Waals surface area contributed by atoms with Crippen LogP contribution in [-0.2, 0) is 4.65 Å². The molecule has 0 amide bonds. The average molecular weight is 320 g/mol. The number of hydrogen-bond acceptors (Lipinski definition) is 4. The normalized spacial score (nSPS) is 13.2. The van der Waals surface area contributed by atoms with Crippen LogP contribution in [0.15, 0.2) is 18.2 Å². The molecule has 0 unspecified atom stereocenters. The fourth-order valence-corrected chi connectivity index (χ4v) is 1.60. The highest BCUT2D eigenvalue weighted by molar-refractivity contribution is 6.60. The van der Waals surface area contributed by atoms with E-state index in [0.29, 0.717) is 5.56 Å². The minimum atomic E-state index is -4.82. The van der Waals surface area contributed by atoms with E-state index in [-0.39, 0.29) is 5.46 Å². The molecule has 0 spiro atoms. The second-order valence-electron chi connectivity index (χ2n) is 6.17. The molecular weight excluding hydrogens is 300 g/mol. The Kier molecular flexibility index (Phi) is 5.21. The van der Waals surface area contributed by atoms with Gasteiger partial charge in [0.15, 0.2) is 0 Å². The molecule has 22 heavy (non-hydrogen) atoms. The Morgan fingerprint density at radius 2 is 1.59 bits per heavy atom. The van der Waals surface area contributed by atoms with Gasteiger partial charge in [-0.1, -0.05) is 6.07 Å². The summed E-state index contributed by atoms with van der Waals surface area (Å²) in [6.45, 7) is 7.72. The maximum absolute atomic E-state index is 12.3. The number of benzene rings is 1. The molecule has 0 saturated carbocycles. The lowest BCUT2D eigenvalue weighted by molar-refractivity contribution is -0.274. The lowest BCUT2D eigenvalue weighted by atomic mass is 9.76. The van der Waals surface area contributed by atoms with Gasteiger partial charge in [0.05, 0.1) is 11.2 Å². The molecule has 0 bridgehead atoms. The zero-order valence-electron chi connectivity index (χ0n) is 13.2. The zero-order valence-corrected chi connectivity index (χ0v) is 13.2. The lowest BCUT2D eigenvalue weighted by Gasteiger charge is -2.38. The molecule has 1 aromatic carbocycles. The standard InChI is InChI=1S/C14H20BF3O4/c1-9-6-10(8-11(7-9)21-14(16,17)18)15(20)22-13(4,5)12(2,3)19/h6-8,19-20H,1-5H3. The van der Waals surface area contributed by atoms with E-state index in [0.717, 1.165) is 6.07 Å². The van der Waals surface area contributed by atoms with Gasteiger partial charge in [0.1, 0.15) is 5.75 Å². The molecular formula is C14H20BF3O4. The summed E-state index contributed by atoms with van der Waals surface area (Å²) in [5.41, 5.74) is -1.80. The van der Waals surface area contributed by atoms with Gasteiger partial charge in [-0.15, -0.1) is 13.2 Å². The number of aryl methyl sites for hydroxylation is 1. The largest absolute Gasteiger partial charge is 0.573 e. The Morgan fingerprint density at radius 3 is 2.05 bits per heavy atom. The van der Waals surface area contributed by atoms with Crippen LogP contribution in [0.1, 0.15) is 33.3 Å². The molecule has 0 aliphatic rings. The summed E-state index contributed by atoms with van der Waals surface area (Å²) in [6, 6.07) is 3.73. The number of aliphatic hydroxyl groups is 1. The van der Waals surface area contributed by atoms with E-state index in [9.17, 15) is 23.3 Å². The van der Waals surface area contributed by atoms with Crippen molar-refractivity contribution >= 4 is 12.6 Å². The monoisotopic (exact) mass is 320 g/mol. The predicted molar refractivity (Wildman–Crippen MR) is 76.9 cm³/mol. The molecule has 124 valence electrons. The quantitative estimate of drug-likeness (QED) is 0.816. The van der Waals surface area contributed by atoms with Gasteiger partial charge in [-0.05, 0) is 57.8 Å². The van der Waals surface area contributed by atoms with Crippen molar-refractivity contribution < 1.29 is 32.7 Å². The van der Waals surface area contributed by atoms with Crippen molar-refractivity contribution in [2.45, 2.75) is 52.2 Å². The highest BCUT2D eigenvalue weighted by Gasteiger charge is 2.40. The van der Waals surface area contributed by atoms with Gasteiger partial charge in [-0.25, -0.2) is 0 Å². The van der Waals surface area contributed by atoms with Gasteiger partial charge < -0.3 is 19.5 Å². The molecule has 2 N–H and O–H groups in total. The maximum Gasteiger partial charge on any atom is 0.573 e. The fraction of sp³-hybridized carbons (Fsp3) is 0.571. The number of halogens is 3. The van der Waals surface area contributed by atoms with Crippen molar-refractivity contribution in [1.82, 2.24) is 0 Å². The van der Waals surface area contributed by atoms with Crippen LogP contribution in [0.25, 0.3) is 0 Å². The molecule has 0 radical (unpaired) electrons. The number of hydrogen-bond donors (Lipinski definition) is 2. The number of rotatable bonds is 5. The van der Waals surface area contributed by atoms with Crippen molar-refractivity contribution in [2.75, 3.05) is 0 Å². The van der Waals surface area contributed by atoms with Gasteiger partial charge >= 0.3 is 13.5 Å². The summed E-state index contributed by atoms with van der Waals surface area (Å²) in [5, 5.41) is 20.1. The summed E-state index contributed by atoms with van der Waals surface area (Å²) < 4.78 is 46.1. The van der Waals surface area contributed by atoms with Crippen LogP contribution in [-0.4, -0.2) is 34.8 Å². The zero-order chi connectivity index (χ0) is 17.3. The molecule has 0 saturated heterocycles. The van der Waals surface area contributed by atoms with E-state index in [1.807, 2.05) is 0 Å². The molecule has 0 aliphatic heterocycles. The fourth-order valence-electron chi connectivity index (χ4n) is 1.60. The van der Waals surface area contributed by atoms with Crippen LogP contribution in [0.3, 0.4) is 0 Å². The number of alkyl halides is 3. The molecule has 1 aromatic rings. The van der Waals surface area contributed by atoms with Gasteiger partial charge in [0.2, 0.25) is 0 Å². The summed E-state index contributed by atoms with van der Waals surface area (Å²) in [6.07, 6.45) is -4.82. The lowest BCUT2D eigenvalue weighted by Crippen LogP contribution is -2.53. The van der Waals surface area contributed by atoms with Crippen molar-refractivity contribution in [3.05, 3.63) is 23.8 Å². The first-order valence-corrected chi connectivity index (χ1v) is 6.67. The van der Waals surface area contributed by atoms with Crippen molar-refractivity contribution in [1.29, 1.82) is 0 Å². The van der Waals surface area contributed by atoms with Crippen LogP contribution in [0.4, 0.5) is 13.2 Å². The van der Waals surface area contributed by atoms with Crippen molar-refractivity contribution in [3.63, 3.8) is 0 Å². The van der Waals surface area contributed by atoms with E-state index in [1.165, 1.54) is 26.0 Å². The Labute approximate surface area is 128 Å². The van der Waals surface area contributed by atoms with Crippen LogP contribution in [0, 0.1) is 6.92 Å². The third-order valence-electron chi connectivity index (χ3n) is 3.47. The van der Waals surface area contributed by atoms with Crippen LogP contribution < -0.4 is 10.2 Å². The topological polar surface area (TPSA) is 58.9 Å². The second-order valence-corrected chi connectivity index (χ2v) is 6.17. The minimum absolute atomic E-state index is 0.108. The third kappa shape index (κ3) is 5.19. The van der Waals surface area contributed by atoms with Gasteiger partial charge in [0, 0.05) is 0 Å². The molecule has 0 heterocycles. The summed E-state index contributed by atoms with van der Waals surface area (Å²) in [4.78, 5) is 0. The highest BCUT2D eigenvalue weighted by atomic mass is 19.4. The molecule has 0 fully saturated rings.